The van der Waals surface area contributed by atoms with Gasteiger partial charge in [-0.1, -0.05) is 30.3 Å². The summed E-state index contributed by atoms with van der Waals surface area (Å²) in [5.74, 6) is 0.611. The summed E-state index contributed by atoms with van der Waals surface area (Å²) in [6, 6.07) is 13.6. The van der Waals surface area contributed by atoms with Gasteiger partial charge in [0, 0.05) is 12.1 Å². The fraction of sp³-hybridized carbons (Fsp3) is 0.350. The van der Waals surface area contributed by atoms with Gasteiger partial charge in [-0.25, -0.2) is 13.1 Å². The SMILES string of the molecule is COc1ccccc1OCC(=O)NCc1ccccc1S(=O)(=O)NC(C)(C)C. The molecular weight excluding hydrogens is 380 g/mol. The molecule has 0 saturated carbocycles. The summed E-state index contributed by atoms with van der Waals surface area (Å²) >= 11 is 0. The van der Waals surface area contributed by atoms with E-state index in [2.05, 4.69) is 10.0 Å². The molecule has 0 aliphatic rings. The van der Waals surface area contributed by atoms with Gasteiger partial charge in [-0.3, -0.25) is 4.79 Å². The number of carbonyl (C=O) groups is 1. The van der Waals surface area contributed by atoms with Crippen LogP contribution in [0.4, 0.5) is 0 Å². The molecule has 8 heteroatoms. The Kier molecular flexibility index (Phi) is 7.04. The van der Waals surface area contributed by atoms with Crippen molar-refractivity contribution in [1.29, 1.82) is 0 Å². The molecule has 152 valence electrons. The Morgan fingerprint density at radius 2 is 1.61 bits per heavy atom. The zero-order valence-electron chi connectivity index (χ0n) is 16.5. The topological polar surface area (TPSA) is 93.7 Å². The zero-order chi connectivity index (χ0) is 20.8. The van der Waals surface area contributed by atoms with Gasteiger partial charge in [0.25, 0.3) is 5.91 Å². The van der Waals surface area contributed by atoms with Gasteiger partial charge in [0.2, 0.25) is 10.0 Å². The number of hydrogen-bond donors (Lipinski definition) is 2. The predicted octanol–water partition coefficient (Wildman–Crippen LogP) is 2.47. The van der Waals surface area contributed by atoms with Crippen molar-refractivity contribution in [2.24, 2.45) is 0 Å². The summed E-state index contributed by atoms with van der Waals surface area (Å²) in [7, 11) is -2.19. The van der Waals surface area contributed by atoms with Gasteiger partial charge in [-0.2, -0.15) is 0 Å². The number of nitrogens with one attached hydrogen (secondary N) is 2. The molecule has 7 nitrogen and oxygen atoms in total. The van der Waals surface area contributed by atoms with Crippen LogP contribution in [0.2, 0.25) is 0 Å². The first-order valence-electron chi connectivity index (χ1n) is 8.77. The lowest BCUT2D eigenvalue weighted by Crippen LogP contribution is -2.41. The fourth-order valence-corrected chi connectivity index (χ4v) is 4.16. The van der Waals surface area contributed by atoms with Crippen molar-refractivity contribution in [2.45, 2.75) is 37.8 Å². The monoisotopic (exact) mass is 406 g/mol. The number of benzene rings is 2. The van der Waals surface area contributed by atoms with E-state index in [1.807, 2.05) is 0 Å². The molecule has 0 aliphatic heterocycles. The maximum absolute atomic E-state index is 12.6. The molecule has 0 bridgehead atoms. The molecule has 2 aromatic carbocycles. The second kappa shape index (κ2) is 9.07. The van der Waals surface area contributed by atoms with Gasteiger partial charge < -0.3 is 14.8 Å². The third-order valence-electron chi connectivity index (χ3n) is 3.61. The minimum absolute atomic E-state index is 0.0648. The first-order valence-corrected chi connectivity index (χ1v) is 10.2. The van der Waals surface area contributed by atoms with Gasteiger partial charge in [0.1, 0.15) is 0 Å². The lowest BCUT2D eigenvalue weighted by atomic mass is 10.1. The highest BCUT2D eigenvalue weighted by molar-refractivity contribution is 7.89. The molecule has 2 rings (SSSR count). The minimum Gasteiger partial charge on any atom is -0.493 e. The Morgan fingerprint density at radius 3 is 2.25 bits per heavy atom. The van der Waals surface area contributed by atoms with Crippen LogP contribution in [0, 0.1) is 0 Å². The van der Waals surface area contributed by atoms with Crippen molar-refractivity contribution in [3.8, 4) is 11.5 Å². The fourth-order valence-electron chi connectivity index (χ4n) is 2.50. The summed E-state index contributed by atoms with van der Waals surface area (Å²) in [4.78, 5) is 12.3. The molecule has 28 heavy (non-hydrogen) atoms. The average Bonchev–Trinajstić information content (AvgIpc) is 2.63. The quantitative estimate of drug-likeness (QED) is 0.702. The van der Waals surface area contributed by atoms with Crippen LogP contribution in [0.1, 0.15) is 26.3 Å². The molecule has 0 aromatic heterocycles. The van der Waals surface area contributed by atoms with E-state index in [1.54, 1.807) is 63.2 Å². The highest BCUT2D eigenvalue weighted by Gasteiger charge is 2.24. The van der Waals surface area contributed by atoms with Crippen molar-refractivity contribution in [1.82, 2.24) is 10.0 Å². The van der Waals surface area contributed by atoms with Crippen LogP contribution in [0.15, 0.2) is 53.4 Å². The number of para-hydroxylation sites is 2. The van der Waals surface area contributed by atoms with Crippen LogP contribution in [0.3, 0.4) is 0 Å². The van der Waals surface area contributed by atoms with Crippen molar-refractivity contribution in [3.63, 3.8) is 0 Å². The lowest BCUT2D eigenvalue weighted by Gasteiger charge is -2.21. The smallest absolute Gasteiger partial charge is 0.258 e. The minimum atomic E-state index is -3.71. The molecule has 0 aliphatic carbocycles. The second-order valence-electron chi connectivity index (χ2n) is 7.18. The van der Waals surface area contributed by atoms with Gasteiger partial charge in [-0.15, -0.1) is 0 Å². The molecule has 2 N–H and O–H groups in total. The molecule has 0 atom stereocenters. The average molecular weight is 407 g/mol. The third kappa shape index (κ3) is 6.24. The zero-order valence-corrected chi connectivity index (χ0v) is 17.3. The number of amides is 1. The van der Waals surface area contributed by atoms with E-state index in [9.17, 15) is 13.2 Å². The molecule has 0 heterocycles. The lowest BCUT2D eigenvalue weighted by molar-refractivity contribution is -0.123. The molecule has 1 amide bonds. The van der Waals surface area contributed by atoms with E-state index in [0.717, 1.165) is 0 Å². The standard InChI is InChI=1S/C20H26N2O5S/c1-20(2,3)22-28(24,25)18-12-8-5-9-15(18)13-21-19(23)14-27-17-11-7-6-10-16(17)26-4/h5-12,22H,13-14H2,1-4H3,(H,21,23). The molecule has 0 saturated heterocycles. The van der Waals surface area contributed by atoms with E-state index in [-0.39, 0.29) is 24.0 Å². The highest BCUT2D eigenvalue weighted by atomic mass is 32.2. The number of carbonyl (C=O) groups excluding carboxylic acids is 1. The Labute approximate surface area is 166 Å². The number of hydrogen-bond acceptors (Lipinski definition) is 5. The first-order chi connectivity index (χ1) is 13.1. The maximum Gasteiger partial charge on any atom is 0.258 e. The van der Waals surface area contributed by atoms with Gasteiger partial charge >= 0.3 is 0 Å². The van der Waals surface area contributed by atoms with Crippen LogP contribution >= 0.6 is 0 Å². The van der Waals surface area contributed by atoms with Gasteiger partial charge in [0.15, 0.2) is 18.1 Å². The Bertz CT molecular complexity index is 920. The second-order valence-corrected chi connectivity index (χ2v) is 8.83. The summed E-state index contributed by atoms with van der Waals surface area (Å²) in [6.45, 7) is 5.16. The molecule has 0 spiro atoms. The van der Waals surface area contributed by atoms with E-state index >= 15 is 0 Å². The maximum atomic E-state index is 12.6. The highest BCUT2D eigenvalue weighted by Crippen LogP contribution is 2.25. The largest absolute Gasteiger partial charge is 0.493 e. The predicted molar refractivity (Wildman–Crippen MR) is 107 cm³/mol. The third-order valence-corrected chi connectivity index (χ3v) is 5.46. The molecule has 2 aromatic rings. The van der Waals surface area contributed by atoms with Crippen LogP contribution in [0.25, 0.3) is 0 Å². The molecule has 0 radical (unpaired) electrons. The number of methoxy groups -OCH3 is 1. The summed E-state index contributed by atoms with van der Waals surface area (Å²) < 4.78 is 38.5. The normalized spacial score (nSPS) is 11.7. The van der Waals surface area contributed by atoms with Crippen molar-refractivity contribution in [2.75, 3.05) is 13.7 Å². The van der Waals surface area contributed by atoms with Crippen LogP contribution in [0.5, 0.6) is 11.5 Å². The van der Waals surface area contributed by atoms with Crippen LogP contribution < -0.4 is 19.5 Å². The number of rotatable bonds is 8. The van der Waals surface area contributed by atoms with Crippen LogP contribution in [-0.2, 0) is 21.4 Å². The van der Waals surface area contributed by atoms with E-state index in [4.69, 9.17) is 9.47 Å². The van der Waals surface area contributed by atoms with E-state index in [0.29, 0.717) is 17.1 Å². The molecule has 0 fully saturated rings. The van der Waals surface area contributed by atoms with Crippen molar-refractivity contribution in [3.05, 3.63) is 54.1 Å². The summed E-state index contributed by atoms with van der Waals surface area (Å²) in [6.07, 6.45) is 0. The van der Waals surface area contributed by atoms with E-state index in [1.165, 1.54) is 13.2 Å². The number of ether oxygens (including phenoxy) is 2. The Balaban J connectivity index is 2.02. The van der Waals surface area contributed by atoms with Crippen molar-refractivity contribution < 1.29 is 22.7 Å². The van der Waals surface area contributed by atoms with Gasteiger partial charge in [0.05, 0.1) is 12.0 Å². The molecular formula is C20H26N2O5S. The summed E-state index contributed by atoms with van der Waals surface area (Å²) in [5.41, 5.74) is -0.123. The Morgan fingerprint density at radius 1 is 1.00 bits per heavy atom. The van der Waals surface area contributed by atoms with E-state index < -0.39 is 15.6 Å². The summed E-state index contributed by atoms with van der Waals surface area (Å²) in [5, 5.41) is 2.69. The number of sulfonamides is 1. The molecule has 0 unspecified atom stereocenters. The first kappa shape index (κ1) is 21.7. The Hall–Kier alpha value is -2.58. The van der Waals surface area contributed by atoms with Crippen LogP contribution in [-0.4, -0.2) is 33.6 Å². The van der Waals surface area contributed by atoms with Gasteiger partial charge in [-0.05, 0) is 44.5 Å². The van der Waals surface area contributed by atoms with Crippen molar-refractivity contribution >= 4 is 15.9 Å².